The van der Waals surface area contributed by atoms with Crippen LogP contribution in [0.25, 0.3) is 11.4 Å². The maximum atomic E-state index is 12.4. The third-order valence-corrected chi connectivity index (χ3v) is 3.88. The molecule has 0 bridgehead atoms. The van der Waals surface area contributed by atoms with Crippen molar-refractivity contribution in [3.05, 3.63) is 53.6 Å². The summed E-state index contributed by atoms with van der Waals surface area (Å²) in [5.74, 6) is 0.334. The smallest absolute Gasteiger partial charge is 0.422 e. The van der Waals surface area contributed by atoms with E-state index in [1.807, 2.05) is 6.07 Å². The third kappa shape index (κ3) is 6.10. The lowest BCUT2D eigenvalue weighted by Crippen LogP contribution is -2.19. The molecule has 31 heavy (non-hydrogen) atoms. The second kappa shape index (κ2) is 9.36. The van der Waals surface area contributed by atoms with E-state index in [1.165, 1.54) is 13.0 Å². The first kappa shape index (κ1) is 21.9. The minimum Gasteiger partial charge on any atom is -0.468 e. The Kier molecular flexibility index (Phi) is 6.61. The van der Waals surface area contributed by atoms with Crippen molar-refractivity contribution < 1.29 is 22.6 Å². The number of ether oxygens (including phenoxy) is 2. The summed E-state index contributed by atoms with van der Waals surface area (Å²) < 4.78 is 47.8. The third-order valence-electron chi connectivity index (χ3n) is 3.88. The Bertz CT molecular complexity index is 1100. The van der Waals surface area contributed by atoms with Gasteiger partial charge in [0.2, 0.25) is 11.8 Å². The summed E-state index contributed by atoms with van der Waals surface area (Å²) in [7, 11) is 0. The molecule has 0 radical (unpaired) electrons. The van der Waals surface area contributed by atoms with Crippen LogP contribution in [0.4, 0.5) is 13.2 Å². The zero-order valence-corrected chi connectivity index (χ0v) is 16.3. The fourth-order valence-electron chi connectivity index (χ4n) is 2.56. The van der Waals surface area contributed by atoms with Crippen molar-refractivity contribution in [1.29, 1.82) is 5.26 Å². The van der Waals surface area contributed by atoms with Crippen LogP contribution in [-0.4, -0.2) is 39.3 Å². The van der Waals surface area contributed by atoms with E-state index in [2.05, 4.69) is 24.7 Å². The predicted octanol–water partition coefficient (Wildman–Crippen LogP) is 3.35. The van der Waals surface area contributed by atoms with E-state index in [0.717, 1.165) is 11.6 Å². The molecule has 160 valence electrons. The topological polar surface area (TPSA) is 120 Å². The van der Waals surface area contributed by atoms with Crippen molar-refractivity contribution in [2.24, 2.45) is 5.73 Å². The lowest BCUT2D eigenvalue weighted by atomic mass is 10.1. The average molecular weight is 430 g/mol. The minimum atomic E-state index is -4.51. The number of alkyl halides is 3. The first-order valence-electron chi connectivity index (χ1n) is 9.06. The molecule has 3 aromatic rings. The van der Waals surface area contributed by atoms with Gasteiger partial charge in [0.05, 0.1) is 23.3 Å². The number of aromatic nitrogens is 4. The van der Waals surface area contributed by atoms with Gasteiger partial charge in [-0.25, -0.2) is 9.97 Å². The van der Waals surface area contributed by atoms with Crippen molar-refractivity contribution in [3.63, 3.8) is 0 Å². The highest BCUT2D eigenvalue weighted by Crippen LogP contribution is 2.33. The van der Waals surface area contributed by atoms with Gasteiger partial charge in [-0.2, -0.15) is 28.4 Å². The molecule has 2 heterocycles. The monoisotopic (exact) mass is 430 g/mol. The van der Waals surface area contributed by atoms with Gasteiger partial charge in [0.25, 0.3) is 0 Å². The first-order chi connectivity index (χ1) is 14.8. The quantitative estimate of drug-likeness (QED) is 0.606. The minimum absolute atomic E-state index is 0.0548. The fourth-order valence-corrected chi connectivity index (χ4v) is 2.56. The highest BCUT2D eigenvalue weighted by Gasteiger charge is 2.29. The molecule has 0 spiro atoms. The number of hydrogen-bond donors (Lipinski definition) is 1. The molecule has 0 atom stereocenters. The van der Waals surface area contributed by atoms with Crippen LogP contribution < -0.4 is 15.2 Å². The summed E-state index contributed by atoms with van der Waals surface area (Å²) in [6.07, 6.45) is -0.621. The van der Waals surface area contributed by atoms with Gasteiger partial charge in [-0.05, 0) is 43.7 Å². The van der Waals surface area contributed by atoms with Gasteiger partial charge in [0.15, 0.2) is 12.4 Å². The molecule has 0 aliphatic rings. The predicted molar refractivity (Wildman–Crippen MR) is 103 cm³/mol. The number of nitrogens with two attached hydrogens (primary N) is 1. The molecule has 2 aromatic heterocycles. The number of halogens is 3. The van der Waals surface area contributed by atoms with Gasteiger partial charge in [0.1, 0.15) is 11.6 Å². The van der Waals surface area contributed by atoms with Crippen LogP contribution in [0.15, 0.2) is 36.7 Å². The van der Waals surface area contributed by atoms with Crippen molar-refractivity contribution in [2.75, 3.05) is 13.2 Å². The van der Waals surface area contributed by atoms with Crippen molar-refractivity contribution in [2.45, 2.75) is 19.5 Å². The Morgan fingerprint density at radius 3 is 2.45 bits per heavy atom. The van der Waals surface area contributed by atoms with E-state index in [1.54, 1.807) is 24.5 Å². The van der Waals surface area contributed by atoms with Crippen LogP contribution in [0.2, 0.25) is 0 Å². The SMILES string of the molecule is Cc1nc(OCC(F)(F)F)cc(Oc2cc(C#N)ccc2-c2ncc(CCN)cn2)n1. The average Bonchev–Trinajstić information content (AvgIpc) is 2.72. The number of aryl methyl sites for hydroxylation is 1. The van der Waals surface area contributed by atoms with Crippen LogP contribution >= 0.6 is 0 Å². The van der Waals surface area contributed by atoms with E-state index in [-0.39, 0.29) is 23.3 Å². The summed E-state index contributed by atoms with van der Waals surface area (Å²) >= 11 is 0. The highest BCUT2D eigenvalue weighted by atomic mass is 19.4. The van der Waals surface area contributed by atoms with E-state index in [0.29, 0.717) is 29.9 Å². The molecule has 0 aliphatic heterocycles. The molecule has 11 heteroatoms. The Labute approximate surface area is 175 Å². The second-order valence-corrected chi connectivity index (χ2v) is 6.37. The number of nitrogens with zero attached hydrogens (tertiary/aromatic N) is 5. The first-order valence-corrected chi connectivity index (χ1v) is 9.06. The molecule has 3 rings (SSSR count). The van der Waals surface area contributed by atoms with Gasteiger partial charge >= 0.3 is 6.18 Å². The molecule has 0 fully saturated rings. The largest absolute Gasteiger partial charge is 0.468 e. The molecule has 2 N–H and O–H groups in total. The van der Waals surface area contributed by atoms with Crippen LogP contribution in [0.1, 0.15) is 17.0 Å². The number of hydrogen-bond acceptors (Lipinski definition) is 8. The number of rotatable bonds is 7. The van der Waals surface area contributed by atoms with E-state index < -0.39 is 12.8 Å². The van der Waals surface area contributed by atoms with Crippen molar-refractivity contribution in [3.8, 4) is 35.0 Å². The van der Waals surface area contributed by atoms with Gasteiger partial charge < -0.3 is 15.2 Å². The Balaban J connectivity index is 1.93. The maximum absolute atomic E-state index is 12.4. The van der Waals surface area contributed by atoms with Gasteiger partial charge in [-0.15, -0.1) is 0 Å². The summed E-state index contributed by atoms with van der Waals surface area (Å²) in [5.41, 5.74) is 7.16. The van der Waals surface area contributed by atoms with Gasteiger partial charge in [-0.1, -0.05) is 0 Å². The Morgan fingerprint density at radius 1 is 1.10 bits per heavy atom. The van der Waals surface area contributed by atoms with Crippen molar-refractivity contribution in [1.82, 2.24) is 19.9 Å². The molecule has 0 unspecified atom stereocenters. The van der Waals surface area contributed by atoms with E-state index >= 15 is 0 Å². The van der Waals surface area contributed by atoms with Crippen LogP contribution in [-0.2, 0) is 6.42 Å². The molecular formula is C20H17F3N6O2. The second-order valence-electron chi connectivity index (χ2n) is 6.37. The molecule has 0 saturated heterocycles. The fraction of sp³-hybridized carbons (Fsp3) is 0.250. The summed E-state index contributed by atoms with van der Waals surface area (Å²) in [6, 6.07) is 7.77. The Morgan fingerprint density at radius 2 is 1.81 bits per heavy atom. The molecule has 0 amide bonds. The van der Waals surface area contributed by atoms with Crippen LogP contribution in [0, 0.1) is 18.3 Å². The number of benzene rings is 1. The van der Waals surface area contributed by atoms with Crippen LogP contribution in [0.5, 0.6) is 17.5 Å². The maximum Gasteiger partial charge on any atom is 0.422 e. The zero-order chi connectivity index (χ0) is 22.4. The lowest BCUT2D eigenvalue weighted by Gasteiger charge is -2.13. The lowest BCUT2D eigenvalue weighted by molar-refractivity contribution is -0.154. The summed E-state index contributed by atoms with van der Waals surface area (Å²) in [6.45, 7) is 0.444. The molecule has 0 saturated carbocycles. The van der Waals surface area contributed by atoms with E-state index in [4.69, 9.17) is 10.5 Å². The van der Waals surface area contributed by atoms with Crippen LogP contribution in [0.3, 0.4) is 0 Å². The Hall–Kier alpha value is -3.78. The molecule has 1 aromatic carbocycles. The molecular weight excluding hydrogens is 413 g/mol. The highest BCUT2D eigenvalue weighted by molar-refractivity contribution is 5.66. The number of nitriles is 1. The summed E-state index contributed by atoms with van der Waals surface area (Å²) in [4.78, 5) is 16.5. The van der Waals surface area contributed by atoms with Crippen molar-refractivity contribution >= 4 is 0 Å². The molecule has 8 nitrogen and oxygen atoms in total. The van der Waals surface area contributed by atoms with E-state index in [9.17, 15) is 18.4 Å². The zero-order valence-electron chi connectivity index (χ0n) is 16.3. The summed E-state index contributed by atoms with van der Waals surface area (Å²) in [5, 5.41) is 9.22. The molecule has 0 aliphatic carbocycles. The standard InChI is InChI=1S/C20H17F3N6O2/c1-12-28-17(30-11-20(21,22)23)7-18(29-12)31-16-6-13(8-25)2-3-15(16)19-26-9-14(4-5-24)10-27-19/h2-3,6-7,9-10H,4-5,11,24H2,1H3. The van der Waals surface area contributed by atoms with Gasteiger partial charge in [0, 0.05) is 12.4 Å². The van der Waals surface area contributed by atoms with Gasteiger partial charge in [-0.3, -0.25) is 0 Å². The normalized spacial score (nSPS) is 11.1.